The molecule has 0 aliphatic carbocycles. The normalized spacial score (nSPS) is 12.1. The fourth-order valence-corrected chi connectivity index (χ4v) is 2.72. The summed E-state index contributed by atoms with van der Waals surface area (Å²) < 4.78 is 25.1. The summed E-state index contributed by atoms with van der Waals surface area (Å²) in [5.41, 5.74) is 1.68. The molecule has 0 saturated carbocycles. The molecule has 0 N–H and O–H groups in total. The van der Waals surface area contributed by atoms with Gasteiger partial charge in [-0.2, -0.15) is 4.31 Å². The van der Waals surface area contributed by atoms with Gasteiger partial charge in [-0.1, -0.05) is 42.0 Å². The first kappa shape index (κ1) is 16.7. The fraction of sp³-hybridized carbons (Fsp3) is 0.188. The topological polar surface area (TPSA) is 50.3 Å². The van der Waals surface area contributed by atoms with E-state index in [1.54, 1.807) is 30.5 Å². The first-order valence-electron chi connectivity index (χ1n) is 6.72. The zero-order valence-corrected chi connectivity index (χ0v) is 13.8. The second kappa shape index (κ2) is 7.54. The van der Waals surface area contributed by atoms with Gasteiger partial charge < -0.3 is 0 Å². The summed E-state index contributed by atoms with van der Waals surface area (Å²) in [6, 6.07) is 12.8. The molecule has 2 aromatic rings. The van der Waals surface area contributed by atoms with E-state index < -0.39 is 10.0 Å². The summed E-state index contributed by atoms with van der Waals surface area (Å²) in [7, 11) is -3.30. The van der Waals surface area contributed by atoms with E-state index in [1.807, 2.05) is 30.4 Å². The van der Waals surface area contributed by atoms with Crippen LogP contribution in [0.5, 0.6) is 0 Å². The number of halogens is 1. The summed E-state index contributed by atoms with van der Waals surface area (Å²) in [4.78, 5) is 4.16. The molecule has 0 atom stereocenters. The fourth-order valence-electron chi connectivity index (χ4n) is 1.87. The Morgan fingerprint density at radius 3 is 2.50 bits per heavy atom. The van der Waals surface area contributed by atoms with E-state index in [1.165, 1.54) is 10.6 Å². The van der Waals surface area contributed by atoms with Crippen LogP contribution in [0.4, 0.5) is 0 Å². The molecule has 4 nitrogen and oxygen atoms in total. The Morgan fingerprint density at radius 2 is 1.91 bits per heavy atom. The highest BCUT2D eigenvalue weighted by atomic mass is 35.5. The molecule has 0 amide bonds. The van der Waals surface area contributed by atoms with Gasteiger partial charge in [0.2, 0.25) is 10.0 Å². The molecule has 0 spiro atoms. The smallest absolute Gasteiger partial charge is 0.211 e. The quantitative estimate of drug-likeness (QED) is 0.814. The minimum absolute atomic E-state index is 0.255. The Bertz CT molecular complexity index is 729. The van der Waals surface area contributed by atoms with Crippen molar-refractivity contribution in [1.82, 2.24) is 9.29 Å². The van der Waals surface area contributed by atoms with Crippen molar-refractivity contribution in [3.05, 3.63) is 71.0 Å². The largest absolute Gasteiger partial charge is 0.260 e. The van der Waals surface area contributed by atoms with Crippen LogP contribution in [0, 0.1) is 0 Å². The monoisotopic (exact) mass is 336 g/mol. The van der Waals surface area contributed by atoms with E-state index in [4.69, 9.17) is 11.6 Å². The van der Waals surface area contributed by atoms with Crippen LogP contribution in [0.3, 0.4) is 0 Å². The van der Waals surface area contributed by atoms with Gasteiger partial charge in [-0.25, -0.2) is 8.42 Å². The maximum Gasteiger partial charge on any atom is 0.211 e. The van der Waals surface area contributed by atoms with Crippen LogP contribution in [-0.4, -0.2) is 30.5 Å². The average molecular weight is 337 g/mol. The van der Waals surface area contributed by atoms with Crippen LogP contribution >= 0.6 is 11.6 Å². The van der Waals surface area contributed by atoms with Crippen LogP contribution < -0.4 is 0 Å². The van der Waals surface area contributed by atoms with Gasteiger partial charge in [0, 0.05) is 17.8 Å². The predicted octanol–water partition coefficient (Wildman–Crippen LogP) is 3.21. The summed E-state index contributed by atoms with van der Waals surface area (Å²) in [5.74, 6) is 0. The molecule has 0 radical (unpaired) electrons. The zero-order chi connectivity index (χ0) is 16.0. The van der Waals surface area contributed by atoms with E-state index in [0.29, 0.717) is 10.7 Å². The first-order valence-corrected chi connectivity index (χ1v) is 8.95. The van der Waals surface area contributed by atoms with E-state index >= 15 is 0 Å². The van der Waals surface area contributed by atoms with E-state index in [2.05, 4.69) is 4.98 Å². The lowest BCUT2D eigenvalue weighted by Crippen LogP contribution is -2.30. The minimum Gasteiger partial charge on any atom is -0.260 e. The molecule has 0 saturated heterocycles. The number of hydrogen-bond donors (Lipinski definition) is 0. The number of nitrogens with zero attached hydrogens (tertiary/aromatic N) is 2. The van der Waals surface area contributed by atoms with E-state index in [9.17, 15) is 8.42 Å². The number of sulfonamides is 1. The van der Waals surface area contributed by atoms with Gasteiger partial charge in [-0.15, -0.1) is 0 Å². The molecule has 1 aromatic heterocycles. The second-order valence-corrected chi connectivity index (χ2v) is 7.25. The number of pyridine rings is 1. The molecule has 1 heterocycles. The second-order valence-electron chi connectivity index (χ2n) is 4.83. The van der Waals surface area contributed by atoms with Crippen molar-refractivity contribution < 1.29 is 8.42 Å². The Hall–Kier alpha value is -1.69. The van der Waals surface area contributed by atoms with Crippen LogP contribution in [0.25, 0.3) is 6.08 Å². The Kier molecular flexibility index (Phi) is 5.71. The zero-order valence-electron chi connectivity index (χ0n) is 12.2. The van der Waals surface area contributed by atoms with Gasteiger partial charge in [0.05, 0.1) is 18.5 Å². The number of benzene rings is 1. The summed E-state index contributed by atoms with van der Waals surface area (Å²) >= 11 is 5.83. The third kappa shape index (κ3) is 5.26. The third-order valence-electron chi connectivity index (χ3n) is 3.02. The van der Waals surface area contributed by atoms with Crippen LogP contribution in [0.1, 0.15) is 11.3 Å². The Balaban J connectivity index is 2.06. The van der Waals surface area contributed by atoms with Gasteiger partial charge in [0.1, 0.15) is 0 Å². The van der Waals surface area contributed by atoms with Gasteiger partial charge in [0.25, 0.3) is 0 Å². The minimum atomic E-state index is -3.30. The maximum absolute atomic E-state index is 11.9. The molecule has 0 unspecified atom stereocenters. The van der Waals surface area contributed by atoms with Gasteiger partial charge in [-0.3, -0.25) is 4.98 Å². The molecule has 6 heteroatoms. The third-order valence-corrected chi connectivity index (χ3v) is 4.49. The summed E-state index contributed by atoms with van der Waals surface area (Å²) in [6.07, 6.45) is 6.53. The Morgan fingerprint density at radius 1 is 1.18 bits per heavy atom. The average Bonchev–Trinajstić information content (AvgIpc) is 2.48. The lowest BCUT2D eigenvalue weighted by atomic mass is 10.2. The highest BCUT2D eigenvalue weighted by molar-refractivity contribution is 7.88. The SMILES string of the molecule is CS(=O)(=O)N(CC=Cc1ccc(Cl)cc1)Cc1ccccn1. The molecular weight excluding hydrogens is 320 g/mol. The lowest BCUT2D eigenvalue weighted by Gasteiger charge is -2.17. The van der Waals surface area contributed by atoms with Crippen molar-refractivity contribution in [3.63, 3.8) is 0 Å². The molecule has 2 rings (SSSR count). The number of aromatic nitrogens is 1. The summed E-state index contributed by atoms with van der Waals surface area (Å²) in [6.45, 7) is 0.544. The van der Waals surface area contributed by atoms with E-state index in [0.717, 1.165) is 5.56 Å². The van der Waals surface area contributed by atoms with Crippen LogP contribution in [0.2, 0.25) is 5.02 Å². The lowest BCUT2D eigenvalue weighted by molar-refractivity contribution is 0.439. The van der Waals surface area contributed by atoms with Crippen molar-refractivity contribution in [2.24, 2.45) is 0 Å². The van der Waals surface area contributed by atoms with E-state index in [-0.39, 0.29) is 13.1 Å². The van der Waals surface area contributed by atoms with Crippen LogP contribution in [0.15, 0.2) is 54.7 Å². The maximum atomic E-state index is 11.9. The standard InChI is InChI=1S/C16H17ClN2O2S/c1-22(20,21)19(13-16-6-2-3-11-18-16)12-4-5-14-7-9-15(17)10-8-14/h2-11H,12-13H2,1H3. The Labute approximate surface area is 136 Å². The summed E-state index contributed by atoms with van der Waals surface area (Å²) in [5, 5.41) is 0.671. The molecule has 22 heavy (non-hydrogen) atoms. The van der Waals surface area contributed by atoms with Gasteiger partial charge in [-0.05, 0) is 29.8 Å². The van der Waals surface area contributed by atoms with Gasteiger partial charge in [0.15, 0.2) is 0 Å². The highest BCUT2D eigenvalue weighted by Gasteiger charge is 2.15. The first-order chi connectivity index (χ1) is 10.4. The van der Waals surface area contributed by atoms with Gasteiger partial charge >= 0.3 is 0 Å². The molecule has 0 aliphatic rings. The van der Waals surface area contributed by atoms with Crippen molar-refractivity contribution in [2.45, 2.75) is 6.54 Å². The molecule has 0 bridgehead atoms. The molecule has 0 aliphatic heterocycles. The number of rotatable bonds is 6. The molecule has 1 aromatic carbocycles. The molecular formula is C16H17ClN2O2S. The number of hydrogen-bond acceptors (Lipinski definition) is 3. The predicted molar refractivity (Wildman–Crippen MR) is 90.0 cm³/mol. The van der Waals surface area contributed by atoms with Crippen molar-refractivity contribution in [3.8, 4) is 0 Å². The van der Waals surface area contributed by atoms with Crippen molar-refractivity contribution >= 4 is 27.7 Å². The molecule has 0 fully saturated rings. The van der Waals surface area contributed by atoms with Crippen molar-refractivity contribution in [1.29, 1.82) is 0 Å². The van der Waals surface area contributed by atoms with Crippen molar-refractivity contribution in [2.75, 3.05) is 12.8 Å². The van der Waals surface area contributed by atoms with Crippen LogP contribution in [-0.2, 0) is 16.6 Å². The molecule has 116 valence electrons. The highest BCUT2D eigenvalue weighted by Crippen LogP contribution is 2.11.